The Labute approximate surface area is 109 Å². The van der Waals surface area contributed by atoms with Gasteiger partial charge in [0.05, 0.1) is 0 Å². The highest BCUT2D eigenvalue weighted by Crippen LogP contribution is 2.33. The molecule has 1 aromatic rings. The molecule has 3 unspecified atom stereocenters. The van der Waals surface area contributed by atoms with E-state index in [4.69, 9.17) is 0 Å². The van der Waals surface area contributed by atoms with E-state index in [0.29, 0.717) is 6.04 Å². The van der Waals surface area contributed by atoms with Gasteiger partial charge < -0.3 is 5.32 Å². The van der Waals surface area contributed by atoms with Gasteiger partial charge in [-0.1, -0.05) is 37.3 Å². The maximum Gasteiger partial charge on any atom is 0.0206 e. The molecule has 1 N–H and O–H groups in total. The first-order valence-electron chi connectivity index (χ1n) is 6.62. The van der Waals surface area contributed by atoms with Crippen molar-refractivity contribution in [2.24, 2.45) is 5.92 Å². The second kappa shape index (κ2) is 6.46. The summed E-state index contributed by atoms with van der Waals surface area (Å²) in [4.78, 5) is 0. The monoisotopic (exact) mass is 249 g/mol. The molecule has 0 aromatic heterocycles. The molecule has 0 heterocycles. The van der Waals surface area contributed by atoms with E-state index in [9.17, 15) is 0 Å². The Morgan fingerprint density at radius 3 is 2.71 bits per heavy atom. The van der Waals surface area contributed by atoms with Crippen LogP contribution in [0.3, 0.4) is 0 Å². The van der Waals surface area contributed by atoms with E-state index in [1.807, 2.05) is 0 Å². The highest BCUT2D eigenvalue weighted by molar-refractivity contribution is 7.99. The van der Waals surface area contributed by atoms with E-state index >= 15 is 0 Å². The fraction of sp³-hybridized carbons (Fsp3) is 0.600. The summed E-state index contributed by atoms with van der Waals surface area (Å²) in [6, 6.07) is 11.5. The second-order valence-corrected chi connectivity index (χ2v) is 6.38. The van der Waals surface area contributed by atoms with Crippen molar-refractivity contribution in [3.8, 4) is 0 Å². The van der Waals surface area contributed by atoms with Crippen molar-refractivity contribution in [3.63, 3.8) is 0 Å². The third-order valence-electron chi connectivity index (χ3n) is 3.73. The fourth-order valence-electron chi connectivity index (χ4n) is 2.62. The molecule has 0 amide bonds. The van der Waals surface area contributed by atoms with E-state index in [1.54, 1.807) is 0 Å². The minimum absolute atomic E-state index is 0.708. The number of hydrogen-bond donors (Lipinski definition) is 1. The van der Waals surface area contributed by atoms with Gasteiger partial charge in [-0.3, -0.25) is 0 Å². The van der Waals surface area contributed by atoms with Gasteiger partial charge in [-0.05, 0) is 37.8 Å². The fourth-order valence-corrected chi connectivity index (χ4v) is 4.19. The summed E-state index contributed by atoms with van der Waals surface area (Å²) in [5, 5.41) is 4.27. The van der Waals surface area contributed by atoms with Gasteiger partial charge in [0.15, 0.2) is 0 Å². The zero-order valence-electron chi connectivity index (χ0n) is 10.9. The van der Waals surface area contributed by atoms with Crippen LogP contribution in [0.5, 0.6) is 0 Å². The molecule has 0 aliphatic heterocycles. The zero-order valence-corrected chi connectivity index (χ0v) is 11.7. The predicted molar refractivity (Wildman–Crippen MR) is 77.4 cm³/mol. The summed E-state index contributed by atoms with van der Waals surface area (Å²) < 4.78 is 0. The SMILES string of the molecule is CNC1CCC(C)CC1SCc1ccccc1. The Bertz CT molecular complexity index is 325. The second-order valence-electron chi connectivity index (χ2n) is 5.15. The third kappa shape index (κ3) is 3.75. The van der Waals surface area contributed by atoms with Crippen LogP contribution in [0.1, 0.15) is 31.7 Å². The van der Waals surface area contributed by atoms with Gasteiger partial charge in [-0.2, -0.15) is 11.8 Å². The molecular weight excluding hydrogens is 226 g/mol. The number of thioether (sulfide) groups is 1. The first-order valence-corrected chi connectivity index (χ1v) is 7.67. The van der Waals surface area contributed by atoms with Crippen LogP contribution in [0.4, 0.5) is 0 Å². The first kappa shape index (κ1) is 13.0. The van der Waals surface area contributed by atoms with Crippen molar-refractivity contribution < 1.29 is 0 Å². The minimum Gasteiger partial charge on any atom is -0.316 e. The van der Waals surface area contributed by atoms with Crippen LogP contribution >= 0.6 is 11.8 Å². The molecule has 0 bridgehead atoms. The van der Waals surface area contributed by atoms with E-state index in [2.05, 4.69) is 61.4 Å². The molecule has 2 rings (SSSR count). The largest absolute Gasteiger partial charge is 0.316 e. The molecule has 1 aliphatic rings. The van der Waals surface area contributed by atoms with Crippen LogP contribution < -0.4 is 5.32 Å². The lowest BCUT2D eigenvalue weighted by atomic mass is 9.87. The minimum atomic E-state index is 0.708. The van der Waals surface area contributed by atoms with Crippen molar-refractivity contribution in [1.29, 1.82) is 0 Å². The molecule has 3 atom stereocenters. The summed E-state index contributed by atoms with van der Waals surface area (Å²) in [6.07, 6.45) is 4.08. The Kier molecular flexibility index (Phi) is 4.93. The van der Waals surface area contributed by atoms with Gasteiger partial charge >= 0.3 is 0 Å². The van der Waals surface area contributed by atoms with Crippen molar-refractivity contribution >= 4 is 11.8 Å². The molecule has 1 nitrogen and oxygen atoms in total. The Balaban J connectivity index is 1.88. The molecule has 94 valence electrons. The molecule has 1 saturated carbocycles. The van der Waals surface area contributed by atoms with Crippen LogP contribution in [-0.2, 0) is 5.75 Å². The van der Waals surface area contributed by atoms with Crippen LogP contribution in [0, 0.1) is 5.92 Å². The van der Waals surface area contributed by atoms with Gasteiger partial charge in [-0.25, -0.2) is 0 Å². The Hall–Kier alpha value is -0.470. The van der Waals surface area contributed by atoms with Crippen LogP contribution in [0.2, 0.25) is 0 Å². The summed E-state index contributed by atoms with van der Waals surface area (Å²) >= 11 is 2.12. The van der Waals surface area contributed by atoms with Gasteiger partial charge in [-0.15, -0.1) is 0 Å². The van der Waals surface area contributed by atoms with E-state index < -0.39 is 0 Å². The molecule has 0 saturated heterocycles. The predicted octanol–water partition coefficient (Wildman–Crippen LogP) is 3.70. The number of nitrogens with one attached hydrogen (secondary N) is 1. The van der Waals surface area contributed by atoms with E-state index in [-0.39, 0.29) is 0 Å². The van der Waals surface area contributed by atoms with Gasteiger partial charge in [0.1, 0.15) is 0 Å². The maximum atomic E-state index is 3.49. The van der Waals surface area contributed by atoms with E-state index in [1.165, 1.54) is 24.8 Å². The average molecular weight is 249 g/mol. The molecular formula is C15H23NS. The lowest BCUT2D eigenvalue weighted by molar-refractivity contribution is 0.329. The van der Waals surface area contributed by atoms with Crippen LogP contribution in [-0.4, -0.2) is 18.3 Å². The standard InChI is InChI=1S/C15H23NS/c1-12-8-9-14(16-2)15(10-12)17-11-13-6-4-3-5-7-13/h3-7,12,14-16H,8-11H2,1-2H3. The lowest BCUT2D eigenvalue weighted by Gasteiger charge is -2.34. The maximum absolute atomic E-state index is 3.49. The molecule has 0 spiro atoms. The quantitative estimate of drug-likeness (QED) is 0.873. The highest BCUT2D eigenvalue weighted by Gasteiger charge is 2.27. The molecule has 1 fully saturated rings. The number of hydrogen-bond acceptors (Lipinski definition) is 2. The van der Waals surface area contributed by atoms with Gasteiger partial charge in [0.25, 0.3) is 0 Å². The van der Waals surface area contributed by atoms with Crippen molar-refractivity contribution in [2.45, 2.75) is 43.2 Å². The van der Waals surface area contributed by atoms with Crippen molar-refractivity contribution in [3.05, 3.63) is 35.9 Å². The smallest absolute Gasteiger partial charge is 0.0206 e. The molecule has 17 heavy (non-hydrogen) atoms. The summed E-state index contributed by atoms with van der Waals surface area (Å²) in [6.45, 7) is 2.39. The number of rotatable bonds is 4. The first-order chi connectivity index (χ1) is 8.29. The molecule has 0 radical (unpaired) electrons. The van der Waals surface area contributed by atoms with Crippen LogP contribution in [0.15, 0.2) is 30.3 Å². The topological polar surface area (TPSA) is 12.0 Å². The Morgan fingerprint density at radius 1 is 1.24 bits per heavy atom. The van der Waals surface area contributed by atoms with Crippen LogP contribution in [0.25, 0.3) is 0 Å². The normalized spacial score (nSPS) is 29.2. The van der Waals surface area contributed by atoms with E-state index in [0.717, 1.165) is 16.9 Å². The lowest BCUT2D eigenvalue weighted by Crippen LogP contribution is -2.40. The third-order valence-corrected chi connectivity index (χ3v) is 5.18. The molecule has 1 aromatic carbocycles. The highest BCUT2D eigenvalue weighted by atomic mass is 32.2. The van der Waals surface area contributed by atoms with Gasteiger partial charge in [0, 0.05) is 17.0 Å². The number of benzene rings is 1. The van der Waals surface area contributed by atoms with Crippen molar-refractivity contribution in [2.75, 3.05) is 7.05 Å². The molecule has 1 aliphatic carbocycles. The van der Waals surface area contributed by atoms with Gasteiger partial charge in [0.2, 0.25) is 0 Å². The Morgan fingerprint density at radius 2 is 2.00 bits per heavy atom. The summed E-state index contributed by atoms with van der Waals surface area (Å²) in [5.41, 5.74) is 1.45. The summed E-state index contributed by atoms with van der Waals surface area (Å²) in [7, 11) is 2.11. The summed E-state index contributed by atoms with van der Waals surface area (Å²) in [5.74, 6) is 2.05. The average Bonchev–Trinajstić information content (AvgIpc) is 2.38. The van der Waals surface area contributed by atoms with Crippen molar-refractivity contribution in [1.82, 2.24) is 5.32 Å². The molecule has 2 heteroatoms. The zero-order chi connectivity index (χ0) is 12.1.